The fourth-order valence-corrected chi connectivity index (χ4v) is 1.79. The standard InChI is InChI=1S/C10H9NO3/c1-6-4-7-5-8(11(13)14)2-3-9(7)10(6)12/h2-3,5-6H,4H2,1H3/t6-/m1/s1. The Bertz CT molecular complexity index is 425. The molecule has 14 heavy (non-hydrogen) atoms. The number of Topliss-reactive ketones (excluding diaryl/α,β-unsaturated/α-hetero) is 1. The summed E-state index contributed by atoms with van der Waals surface area (Å²) in [6.45, 7) is 1.84. The summed E-state index contributed by atoms with van der Waals surface area (Å²) in [6.07, 6.45) is 0.621. The third kappa shape index (κ3) is 1.19. The Balaban J connectivity index is 2.49. The molecule has 0 aromatic heterocycles. The first kappa shape index (κ1) is 8.87. The molecular weight excluding hydrogens is 182 g/mol. The van der Waals surface area contributed by atoms with Crippen LogP contribution in [-0.4, -0.2) is 10.7 Å². The van der Waals surface area contributed by atoms with Gasteiger partial charge in [0.25, 0.3) is 5.69 Å². The van der Waals surface area contributed by atoms with Crippen molar-refractivity contribution in [2.45, 2.75) is 13.3 Å². The third-order valence-electron chi connectivity index (χ3n) is 2.54. The van der Waals surface area contributed by atoms with Gasteiger partial charge in [-0.1, -0.05) is 6.92 Å². The Kier molecular flexibility index (Phi) is 1.84. The zero-order valence-electron chi connectivity index (χ0n) is 7.69. The normalized spacial score (nSPS) is 19.5. The van der Waals surface area contributed by atoms with E-state index >= 15 is 0 Å². The minimum Gasteiger partial charge on any atom is -0.294 e. The van der Waals surface area contributed by atoms with E-state index in [1.54, 1.807) is 6.07 Å². The van der Waals surface area contributed by atoms with Crippen LogP contribution in [0.15, 0.2) is 18.2 Å². The topological polar surface area (TPSA) is 60.2 Å². The van der Waals surface area contributed by atoms with Gasteiger partial charge in [-0.25, -0.2) is 0 Å². The van der Waals surface area contributed by atoms with Crippen molar-refractivity contribution in [3.63, 3.8) is 0 Å². The molecule has 0 saturated heterocycles. The molecule has 0 heterocycles. The van der Waals surface area contributed by atoms with Crippen molar-refractivity contribution >= 4 is 11.5 Å². The Hall–Kier alpha value is -1.71. The van der Waals surface area contributed by atoms with Gasteiger partial charge in [-0.15, -0.1) is 0 Å². The molecule has 0 aliphatic heterocycles. The number of nitro groups is 1. The van der Waals surface area contributed by atoms with Crippen LogP contribution < -0.4 is 0 Å². The molecule has 0 fully saturated rings. The lowest BCUT2D eigenvalue weighted by Gasteiger charge is -1.95. The maximum Gasteiger partial charge on any atom is 0.269 e. The average Bonchev–Trinajstić information content (AvgIpc) is 2.42. The summed E-state index contributed by atoms with van der Waals surface area (Å²) in [4.78, 5) is 21.6. The number of hydrogen-bond acceptors (Lipinski definition) is 3. The molecule has 4 heteroatoms. The molecular formula is C10H9NO3. The van der Waals surface area contributed by atoms with E-state index in [4.69, 9.17) is 0 Å². The van der Waals surface area contributed by atoms with Crippen LogP contribution in [0.25, 0.3) is 0 Å². The number of nitrogens with zero attached hydrogens (tertiary/aromatic N) is 1. The van der Waals surface area contributed by atoms with E-state index in [0.717, 1.165) is 5.56 Å². The number of hydrogen-bond donors (Lipinski definition) is 0. The minimum atomic E-state index is -0.437. The van der Waals surface area contributed by atoms with Crippen molar-refractivity contribution in [3.8, 4) is 0 Å². The van der Waals surface area contributed by atoms with E-state index in [-0.39, 0.29) is 17.4 Å². The van der Waals surface area contributed by atoms with Crippen LogP contribution in [0.5, 0.6) is 0 Å². The molecule has 0 saturated carbocycles. The smallest absolute Gasteiger partial charge is 0.269 e. The van der Waals surface area contributed by atoms with Gasteiger partial charge in [-0.05, 0) is 18.1 Å². The number of nitro benzene ring substituents is 1. The molecule has 1 aromatic carbocycles. The van der Waals surface area contributed by atoms with E-state index in [9.17, 15) is 14.9 Å². The summed E-state index contributed by atoms with van der Waals surface area (Å²) >= 11 is 0. The average molecular weight is 191 g/mol. The van der Waals surface area contributed by atoms with E-state index < -0.39 is 4.92 Å². The van der Waals surface area contributed by atoms with Gasteiger partial charge in [0.1, 0.15) is 0 Å². The molecule has 1 aromatic rings. The van der Waals surface area contributed by atoms with Gasteiger partial charge in [0.05, 0.1) is 4.92 Å². The van der Waals surface area contributed by atoms with Gasteiger partial charge in [0.15, 0.2) is 5.78 Å². The molecule has 0 bridgehead atoms. The lowest BCUT2D eigenvalue weighted by atomic mass is 10.1. The predicted molar refractivity (Wildman–Crippen MR) is 50.3 cm³/mol. The highest BCUT2D eigenvalue weighted by atomic mass is 16.6. The second-order valence-corrected chi connectivity index (χ2v) is 3.57. The van der Waals surface area contributed by atoms with Crippen molar-refractivity contribution in [1.82, 2.24) is 0 Å². The quantitative estimate of drug-likeness (QED) is 0.503. The van der Waals surface area contributed by atoms with Crippen LogP contribution in [0.3, 0.4) is 0 Å². The second-order valence-electron chi connectivity index (χ2n) is 3.57. The molecule has 1 aliphatic carbocycles. The minimum absolute atomic E-state index is 0.0352. The molecule has 0 radical (unpaired) electrons. The van der Waals surface area contributed by atoms with E-state index in [2.05, 4.69) is 0 Å². The Morgan fingerprint density at radius 2 is 2.21 bits per heavy atom. The zero-order chi connectivity index (χ0) is 10.3. The molecule has 0 unspecified atom stereocenters. The van der Waals surface area contributed by atoms with Gasteiger partial charge in [-0.3, -0.25) is 14.9 Å². The monoisotopic (exact) mass is 191 g/mol. The lowest BCUT2D eigenvalue weighted by Crippen LogP contribution is -2.02. The number of carbonyl (C=O) groups is 1. The second kappa shape index (κ2) is 2.90. The first-order valence-electron chi connectivity index (χ1n) is 4.41. The summed E-state index contributed by atoms with van der Waals surface area (Å²) in [5, 5.41) is 10.5. The van der Waals surface area contributed by atoms with Crippen molar-refractivity contribution in [2.75, 3.05) is 0 Å². The highest BCUT2D eigenvalue weighted by molar-refractivity contribution is 6.02. The van der Waals surface area contributed by atoms with Gasteiger partial charge >= 0.3 is 0 Å². The largest absolute Gasteiger partial charge is 0.294 e. The Morgan fingerprint density at radius 3 is 2.86 bits per heavy atom. The summed E-state index contributed by atoms with van der Waals surface area (Å²) in [6, 6.07) is 4.44. The van der Waals surface area contributed by atoms with Crippen molar-refractivity contribution in [3.05, 3.63) is 39.4 Å². The SMILES string of the molecule is C[C@@H]1Cc2cc([N+](=O)[O-])ccc2C1=O. The van der Waals surface area contributed by atoms with Gasteiger partial charge < -0.3 is 0 Å². The zero-order valence-corrected chi connectivity index (χ0v) is 7.69. The summed E-state index contributed by atoms with van der Waals surface area (Å²) in [5.74, 6) is 0.0573. The number of rotatable bonds is 1. The fraction of sp³-hybridized carbons (Fsp3) is 0.300. The number of benzene rings is 1. The van der Waals surface area contributed by atoms with Gasteiger partial charge in [0, 0.05) is 23.6 Å². The van der Waals surface area contributed by atoms with Crippen LogP contribution in [0.4, 0.5) is 5.69 Å². The molecule has 4 nitrogen and oxygen atoms in total. The first-order valence-corrected chi connectivity index (χ1v) is 4.41. The van der Waals surface area contributed by atoms with Crippen LogP contribution in [0.2, 0.25) is 0 Å². The maximum absolute atomic E-state index is 11.5. The molecule has 0 N–H and O–H groups in total. The predicted octanol–water partition coefficient (Wildman–Crippen LogP) is 1.97. The van der Waals surface area contributed by atoms with E-state index in [1.165, 1.54) is 12.1 Å². The van der Waals surface area contributed by atoms with Gasteiger partial charge in [0.2, 0.25) is 0 Å². The fourth-order valence-electron chi connectivity index (χ4n) is 1.79. The van der Waals surface area contributed by atoms with Crippen LogP contribution >= 0.6 is 0 Å². The molecule has 0 spiro atoms. The van der Waals surface area contributed by atoms with Crippen molar-refractivity contribution in [2.24, 2.45) is 5.92 Å². The van der Waals surface area contributed by atoms with E-state index in [0.29, 0.717) is 12.0 Å². The summed E-state index contributed by atoms with van der Waals surface area (Å²) in [7, 11) is 0. The highest BCUT2D eigenvalue weighted by Gasteiger charge is 2.28. The summed E-state index contributed by atoms with van der Waals surface area (Å²) in [5.41, 5.74) is 1.51. The number of carbonyl (C=O) groups excluding carboxylic acids is 1. The third-order valence-corrected chi connectivity index (χ3v) is 2.54. The number of non-ortho nitro benzene ring substituents is 1. The van der Waals surface area contributed by atoms with Crippen LogP contribution in [-0.2, 0) is 6.42 Å². The Labute approximate surface area is 80.7 Å². The highest BCUT2D eigenvalue weighted by Crippen LogP contribution is 2.29. The van der Waals surface area contributed by atoms with Crippen molar-refractivity contribution in [1.29, 1.82) is 0 Å². The van der Waals surface area contributed by atoms with Crippen LogP contribution in [0, 0.1) is 16.0 Å². The number of fused-ring (bicyclic) bond motifs is 1. The molecule has 0 amide bonds. The molecule has 2 rings (SSSR count). The maximum atomic E-state index is 11.5. The molecule has 72 valence electrons. The Morgan fingerprint density at radius 1 is 1.50 bits per heavy atom. The number of ketones is 1. The van der Waals surface area contributed by atoms with Crippen molar-refractivity contribution < 1.29 is 9.72 Å². The van der Waals surface area contributed by atoms with Crippen LogP contribution in [0.1, 0.15) is 22.8 Å². The van der Waals surface area contributed by atoms with Gasteiger partial charge in [-0.2, -0.15) is 0 Å². The first-order chi connectivity index (χ1) is 6.59. The lowest BCUT2D eigenvalue weighted by molar-refractivity contribution is -0.384. The molecule has 1 atom stereocenters. The summed E-state index contributed by atoms with van der Waals surface area (Å²) < 4.78 is 0. The van der Waals surface area contributed by atoms with E-state index in [1.807, 2.05) is 6.92 Å². The molecule has 1 aliphatic rings.